The summed E-state index contributed by atoms with van der Waals surface area (Å²) in [5.74, 6) is 0.151. The zero-order valence-electron chi connectivity index (χ0n) is 11.2. The van der Waals surface area contributed by atoms with Crippen molar-refractivity contribution in [3.63, 3.8) is 0 Å². The maximum Gasteiger partial charge on any atom is 0.233 e. The van der Waals surface area contributed by atoms with Gasteiger partial charge in [-0.25, -0.2) is 4.98 Å². The molecular weight excluding hydrogens is 286 g/mol. The van der Waals surface area contributed by atoms with Crippen molar-refractivity contribution < 1.29 is 19.4 Å². The fraction of sp³-hybridized carbons (Fsp3) is 0.500. The van der Waals surface area contributed by atoms with E-state index in [0.717, 1.165) is 0 Å². The van der Waals surface area contributed by atoms with Crippen LogP contribution < -0.4 is 10.5 Å². The second-order valence-corrected chi connectivity index (χ2v) is 4.15. The number of halogens is 1. The average molecular weight is 304 g/mol. The first-order chi connectivity index (χ1) is 9.70. The lowest BCUT2D eigenvalue weighted by Gasteiger charge is -2.09. The molecule has 0 saturated heterocycles. The number of amidine groups is 1. The molecular formula is C12H18ClN3O4. The van der Waals surface area contributed by atoms with Crippen molar-refractivity contribution in [2.24, 2.45) is 10.9 Å². The third-order valence-electron chi connectivity index (χ3n) is 2.34. The van der Waals surface area contributed by atoms with Crippen LogP contribution in [-0.4, -0.2) is 49.6 Å². The molecule has 0 aliphatic carbocycles. The lowest BCUT2D eigenvalue weighted by molar-refractivity contribution is 0.0642. The van der Waals surface area contributed by atoms with Crippen molar-refractivity contribution in [2.75, 3.05) is 33.5 Å². The number of nitrogens with zero attached hydrogens (tertiary/aromatic N) is 2. The minimum Gasteiger partial charge on any atom is -0.477 e. The summed E-state index contributed by atoms with van der Waals surface area (Å²) in [6.45, 7) is 2.07. The van der Waals surface area contributed by atoms with Gasteiger partial charge in [-0.2, -0.15) is 0 Å². The number of rotatable bonds is 9. The van der Waals surface area contributed by atoms with Crippen molar-refractivity contribution in [2.45, 2.75) is 6.42 Å². The van der Waals surface area contributed by atoms with Gasteiger partial charge in [-0.05, 0) is 6.07 Å². The van der Waals surface area contributed by atoms with Crippen LogP contribution in [0.3, 0.4) is 0 Å². The van der Waals surface area contributed by atoms with Crippen LogP contribution in [0, 0.1) is 0 Å². The summed E-state index contributed by atoms with van der Waals surface area (Å²) in [7, 11) is 1.62. The van der Waals surface area contributed by atoms with Gasteiger partial charge in [0.1, 0.15) is 5.02 Å². The highest BCUT2D eigenvalue weighted by Gasteiger charge is 2.11. The number of ether oxygens (including phenoxy) is 3. The van der Waals surface area contributed by atoms with E-state index in [9.17, 15) is 0 Å². The van der Waals surface area contributed by atoms with Crippen molar-refractivity contribution in [1.82, 2.24) is 4.98 Å². The average Bonchev–Trinajstić information content (AvgIpc) is 2.47. The number of nitrogens with two attached hydrogens (primary N) is 1. The largest absolute Gasteiger partial charge is 0.477 e. The first kappa shape index (κ1) is 16.5. The van der Waals surface area contributed by atoms with Crippen molar-refractivity contribution in [1.29, 1.82) is 0 Å². The monoisotopic (exact) mass is 303 g/mol. The van der Waals surface area contributed by atoms with Gasteiger partial charge in [0.2, 0.25) is 5.88 Å². The fourth-order valence-corrected chi connectivity index (χ4v) is 1.61. The molecule has 3 N–H and O–H groups in total. The maximum absolute atomic E-state index is 8.64. The van der Waals surface area contributed by atoms with Crippen LogP contribution in [0.1, 0.15) is 12.0 Å². The van der Waals surface area contributed by atoms with Crippen LogP contribution in [-0.2, 0) is 9.47 Å². The van der Waals surface area contributed by atoms with Gasteiger partial charge in [0, 0.05) is 31.9 Å². The molecule has 7 nitrogen and oxygen atoms in total. The molecule has 1 rings (SSSR count). The Morgan fingerprint density at radius 2 is 2.20 bits per heavy atom. The number of hydrogen-bond acceptors (Lipinski definition) is 6. The topological polar surface area (TPSA) is 99.2 Å². The third kappa shape index (κ3) is 5.20. The van der Waals surface area contributed by atoms with Crippen molar-refractivity contribution >= 4 is 17.4 Å². The van der Waals surface area contributed by atoms with Gasteiger partial charge in [-0.15, -0.1) is 0 Å². The Bertz CT molecular complexity index is 443. The highest BCUT2D eigenvalue weighted by molar-refractivity contribution is 6.35. The number of pyridine rings is 1. The molecule has 0 fully saturated rings. The number of aromatic nitrogens is 1. The molecule has 1 aromatic heterocycles. The van der Waals surface area contributed by atoms with E-state index >= 15 is 0 Å². The minimum atomic E-state index is -0.0925. The summed E-state index contributed by atoms with van der Waals surface area (Å²) in [5, 5.41) is 11.7. The van der Waals surface area contributed by atoms with Gasteiger partial charge in [0.05, 0.1) is 19.8 Å². The lowest BCUT2D eigenvalue weighted by atomic mass is 10.2. The van der Waals surface area contributed by atoms with Gasteiger partial charge in [0.15, 0.2) is 5.84 Å². The lowest BCUT2D eigenvalue weighted by Crippen LogP contribution is -2.14. The van der Waals surface area contributed by atoms with Crippen molar-refractivity contribution in [3.8, 4) is 5.88 Å². The molecule has 0 atom stereocenters. The highest BCUT2D eigenvalue weighted by atomic mass is 35.5. The molecule has 0 aromatic carbocycles. The molecule has 1 heterocycles. The number of methoxy groups -OCH3 is 1. The predicted octanol–water partition coefficient (Wildman–Crippen LogP) is 1.26. The van der Waals surface area contributed by atoms with E-state index in [1.807, 2.05) is 0 Å². The molecule has 0 aliphatic heterocycles. The zero-order valence-corrected chi connectivity index (χ0v) is 12.0. The minimum absolute atomic E-state index is 0.0925. The van der Waals surface area contributed by atoms with E-state index in [4.69, 9.17) is 36.8 Å². The molecule has 0 spiro atoms. The maximum atomic E-state index is 8.64. The summed E-state index contributed by atoms with van der Waals surface area (Å²) in [6, 6.07) is 1.54. The van der Waals surface area contributed by atoms with E-state index in [1.54, 1.807) is 7.11 Å². The Hall–Kier alpha value is -1.57. The van der Waals surface area contributed by atoms with Crippen LogP contribution in [0.2, 0.25) is 5.02 Å². The van der Waals surface area contributed by atoms with E-state index < -0.39 is 0 Å². The van der Waals surface area contributed by atoms with E-state index in [1.165, 1.54) is 12.3 Å². The van der Waals surface area contributed by atoms with E-state index in [0.29, 0.717) is 38.4 Å². The van der Waals surface area contributed by atoms with Crippen molar-refractivity contribution in [3.05, 3.63) is 22.8 Å². The molecule has 8 heteroatoms. The van der Waals surface area contributed by atoms with Crippen LogP contribution in [0.4, 0.5) is 0 Å². The highest BCUT2D eigenvalue weighted by Crippen LogP contribution is 2.25. The predicted molar refractivity (Wildman–Crippen MR) is 74.6 cm³/mol. The van der Waals surface area contributed by atoms with E-state index in [2.05, 4.69) is 10.1 Å². The summed E-state index contributed by atoms with van der Waals surface area (Å²) in [5.41, 5.74) is 5.86. The van der Waals surface area contributed by atoms with Gasteiger partial charge >= 0.3 is 0 Å². The molecule has 0 amide bonds. The summed E-state index contributed by atoms with van der Waals surface area (Å²) in [6.07, 6.45) is 2.17. The van der Waals surface area contributed by atoms with Crippen LogP contribution in [0.5, 0.6) is 5.88 Å². The Balaban J connectivity index is 2.41. The Morgan fingerprint density at radius 3 is 2.90 bits per heavy atom. The number of hydrogen-bond donors (Lipinski definition) is 2. The summed E-state index contributed by atoms with van der Waals surface area (Å²) >= 11 is 6.06. The molecule has 0 saturated carbocycles. The molecule has 0 unspecified atom stereocenters. The smallest absolute Gasteiger partial charge is 0.233 e. The molecule has 0 aliphatic rings. The van der Waals surface area contributed by atoms with Crippen LogP contribution >= 0.6 is 11.6 Å². The van der Waals surface area contributed by atoms with Gasteiger partial charge in [0.25, 0.3) is 0 Å². The Labute approximate surface area is 122 Å². The van der Waals surface area contributed by atoms with Gasteiger partial charge in [-0.1, -0.05) is 16.8 Å². The van der Waals surface area contributed by atoms with Gasteiger partial charge in [-0.3, -0.25) is 0 Å². The second kappa shape index (κ2) is 9.35. The van der Waals surface area contributed by atoms with Gasteiger partial charge < -0.3 is 25.2 Å². The zero-order chi connectivity index (χ0) is 14.8. The Morgan fingerprint density at radius 1 is 1.40 bits per heavy atom. The summed E-state index contributed by atoms with van der Waals surface area (Å²) < 4.78 is 15.6. The standard InChI is InChI=1S/C12H18ClN3O4/c1-18-7-8-19-5-2-6-20-12-10(13)9(3-4-15-12)11(14)16-17/h3-4,17H,2,5-8H2,1H3,(H2,14,16). The van der Waals surface area contributed by atoms with Crippen LogP contribution in [0.15, 0.2) is 17.4 Å². The quantitative estimate of drug-likeness (QED) is 0.234. The third-order valence-corrected chi connectivity index (χ3v) is 2.71. The second-order valence-electron chi connectivity index (χ2n) is 3.77. The molecule has 20 heavy (non-hydrogen) atoms. The first-order valence-electron chi connectivity index (χ1n) is 6.02. The fourth-order valence-electron chi connectivity index (χ4n) is 1.35. The normalized spacial score (nSPS) is 11.6. The molecule has 112 valence electrons. The number of oxime groups is 1. The SMILES string of the molecule is COCCOCCCOc1nccc(/C(N)=N/O)c1Cl. The Kier molecular flexibility index (Phi) is 7.71. The molecule has 1 aromatic rings. The molecule has 0 bridgehead atoms. The summed E-state index contributed by atoms with van der Waals surface area (Å²) in [4.78, 5) is 4.00. The van der Waals surface area contributed by atoms with Crippen LogP contribution in [0.25, 0.3) is 0 Å². The van der Waals surface area contributed by atoms with E-state index in [-0.39, 0.29) is 16.7 Å². The molecule has 0 radical (unpaired) electrons. The first-order valence-corrected chi connectivity index (χ1v) is 6.40.